The Morgan fingerprint density at radius 3 is 1.86 bits per heavy atom. The summed E-state index contributed by atoms with van der Waals surface area (Å²) in [6.07, 6.45) is 0.689. The fourth-order valence-electron chi connectivity index (χ4n) is 3.39. The molecule has 3 atom stereocenters. The Morgan fingerprint density at radius 2 is 1.52 bits per heavy atom. The fraction of sp³-hybridized carbons (Fsp3) is 0.696. The second kappa shape index (κ2) is 11.2. The van der Waals surface area contributed by atoms with E-state index in [4.69, 9.17) is 4.84 Å². The van der Waals surface area contributed by atoms with E-state index < -0.39 is 11.0 Å². The van der Waals surface area contributed by atoms with Crippen LogP contribution in [-0.2, 0) is 20.6 Å². The molecule has 1 aromatic carbocycles. The van der Waals surface area contributed by atoms with Crippen LogP contribution in [0, 0.1) is 5.92 Å². The predicted molar refractivity (Wildman–Crippen MR) is 121 cm³/mol. The van der Waals surface area contributed by atoms with Crippen molar-refractivity contribution in [3.8, 4) is 0 Å². The van der Waals surface area contributed by atoms with E-state index in [2.05, 4.69) is 58.4 Å². The van der Waals surface area contributed by atoms with Gasteiger partial charge in [-0.15, -0.1) is 0 Å². The molecule has 1 unspecified atom stereocenters. The number of hydrogen-bond acceptors (Lipinski definition) is 3. The van der Waals surface area contributed by atoms with Gasteiger partial charge in [0.2, 0.25) is 5.91 Å². The molecule has 0 heterocycles. The third-order valence-corrected chi connectivity index (χ3v) is 6.90. The smallest absolute Gasteiger partial charge is 0.250 e. The molecule has 5 nitrogen and oxygen atoms in total. The zero-order chi connectivity index (χ0) is 22.5. The maximum atomic E-state index is 13.6. The van der Waals surface area contributed by atoms with Gasteiger partial charge in [0, 0.05) is 13.1 Å². The Labute approximate surface area is 180 Å². The van der Waals surface area contributed by atoms with Crippen molar-refractivity contribution in [3.05, 3.63) is 28.8 Å². The van der Waals surface area contributed by atoms with Crippen LogP contribution < -0.4 is 4.72 Å². The molecule has 0 radical (unpaired) electrons. The van der Waals surface area contributed by atoms with Crippen molar-refractivity contribution in [2.75, 3.05) is 14.2 Å². The molecule has 1 N–H and O–H groups in total. The first-order chi connectivity index (χ1) is 13.5. The number of nitrogens with zero attached hydrogens (tertiary/aromatic N) is 1. The second-order valence-corrected chi connectivity index (χ2v) is 9.88. The van der Waals surface area contributed by atoms with Crippen molar-refractivity contribution in [3.63, 3.8) is 0 Å². The van der Waals surface area contributed by atoms with E-state index in [1.807, 2.05) is 13.8 Å². The minimum Gasteiger partial charge on any atom is -0.275 e. The van der Waals surface area contributed by atoms with Crippen LogP contribution in [-0.4, -0.2) is 35.4 Å². The van der Waals surface area contributed by atoms with Gasteiger partial charge in [0.25, 0.3) is 0 Å². The van der Waals surface area contributed by atoms with E-state index in [9.17, 15) is 9.00 Å². The monoisotopic (exact) mass is 424 g/mol. The number of rotatable bonds is 10. The summed E-state index contributed by atoms with van der Waals surface area (Å²) in [7, 11) is 1.65. The Kier molecular flexibility index (Phi) is 9.99. The second-order valence-electron chi connectivity index (χ2n) is 8.70. The molecule has 29 heavy (non-hydrogen) atoms. The highest BCUT2D eigenvalue weighted by Crippen LogP contribution is 2.34. The fourth-order valence-corrected chi connectivity index (χ4v) is 5.17. The number of carbonyl (C=O) groups is 1. The number of hydrogen-bond donors (Lipinski definition) is 1. The summed E-state index contributed by atoms with van der Waals surface area (Å²) in [6, 6.07) is 4.18. The summed E-state index contributed by atoms with van der Waals surface area (Å²) in [6.45, 7) is 16.8. The van der Waals surface area contributed by atoms with E-state index in [1.165, 1.54) is 17.7 Å². The SMILES string of the molecule is CC[C@H](NS(=O)c1c(C(C)C)cc(C(C)C)cc1C(C)C)[C@@H](C)C(=O)N(C)OC. The largest absolute Gasteiger partial charge is 0.275 e. The van der Waals surface area contributed by atoms with Gasteiger partial charge in [0.15, 0.2) is 0 Å². The summed E-state index contributed by atoms with van der Waals surface area (Å²) < 4.78 is 16.8. The summed E-state index contributed by atoms with van der Waals surface area (Å²) in [5.41, 5.74) is 3.51. The maximum absolute atomic E-state index is 13.6. The maximum Gasteiger partial charge on any atom is 0.250 e. The molecule has 0 aromatic heterocycles. The van der Waals surface area contributed by atoms with Gasteiger partial charge in [-0.1, -0.05) is 67.5 Å². The van der Waals surface area contributed by atoms with E-state index >= 15 is 0 Å². The standard InChI is InChI=1S/C23H40N2O3S/c1-11-21(17(8)23(26)25(9)28-10)24-29(27)22-19(15(4)5)12-18(14(2)3)13-20(22)16(6)7/h12-17,21,24H,11H2,1-10H3/t17-,21+,29?/m1/s1. The highest BCUT2D eigenvalue weighted by atomic mass is 32.2. The zero-order valence-electron chi connectivity index (χ0n) is 19.8. The van der Waals surface area contributed by atoms with Crippen molar-refractivity contribution >= 4 is 16.9 Å². The molecule has 1 aromatic rings. The van der Waals surface area contributed by atoms with Gasteiger partial charge >= 0.3 is 0 Å². The van der Waals surface area contributed by atoms with Gasteiger partial charge in [0.1, 0.15) is 11.0 Å². The minimum atomic E-state index is -1.41. The van der Waals surface area contributed by atoms with Gasteiger partial charge in [0.05, 0.1) is 17.9 Å². The lowest BCUT2D eigenvalue weighted by Crippen LogP contribution is -2.44. The number of amides is 1. The zero-order valence-corrected chi connectivity index (χ0v) is 20.6. The third kappa shape index (κ3) is 6.37. The normalized spacial score (nSPS) is 15.1. The first kappa shape index (κ1) is 25.8. The van der Waals surface area contributed by atoms with E-state index in [-0.39, 0.29) is 29.7 Å². The summed E-state index contributed by atoms with van der Waals surface area (Å²) >= 11 is 0. The van der Waals surface area contributed by atoms with E-state index in [0.29, 0.717) is 12.3 Å². The first-order valence-corrected chi connectivity index (χ1v) is 11.8. The number of benzene rings is 1. The molecule has 0 aliphatic carbocycles. The molecule has 0 bridgehead atoms. The molecule has 0 saturated heterocycles. The summed E-state index contributed by atoms with van der Waals surface area (Å²) in [5.74, 6) is 0.434. The lowest BCUT2D eigenvalue weighted by atomic mass is 9.89. The number of hydroxylamine groups is 2. The molecule has 6 heteroatoms. The van der Waals surface area contributed by atoms with Crippen molar-refractivity contribution in [2.24, 2.45) is 5.92 Å². The van der Waals surface area contributed by atoms with Crippen LogP contribution in [0.5, 0.6) is 0 Å². The van der Waals surface area contributed by atoms with Crippen LogP contribution >= 0.6 is 0 Å². The Balaban J connectivity index is 3.37. The summed E-state index contributed by atoms with van der Waals surface area (Å²) in [5, 5.41) is 1.23. The van der Waals surface area contributed by atoms with Crippen molar-refractivity contribution in [2.45, 2.75) is 90.5 Å². The third-order valence-electron chi connectivity index (χ3n) is 5.54. The average Bonchev–Trinajstić information content (AvgIpc) is 2.68. The molecule has 1 amide bonds. The number of carbonyl (C=O) groups excluding carboxylic acids is 1. The molecular formula is C23H40N2O3S. The molecule has 0 aliphatic rings. The van der Waals surface area contributed by atoms with Crippen molar-refractivity contribution < 1.29 is 13.8 Å². The molecular weight excluding hydrogens is 384 g/mol. The molecule has 0 aliphatic heterocycles. The summed E-state index contributed by atoms with van der Waals surface area (Å²) in [4.78, 5) is 18.4. The predicted octanol–water partition coefficient (Wildman–Crippen LogP) is 5.10. The van der Waals surface area contributed by atoms with Gasteiger partial charge in [-0.2, -0.15) is 0 Å². The Morgan fingerprint density at radius 1 is 1.03 bits per heavy atom. The number of nitrogens with one attached hydrogen (secondary N) is 1. The van der Waals surface area contributed by atoms with Crippen LogP contribution in [0.2, 0.25) is 0 Å². The van der Waals surface area contributed by atoms with Crippen LogP contribution in [0.15, 0.2) is 17.0 Å². The molecule has 0 saturated carbocycles. The highest BCUT2D eigenvalue weighted by Gasteiger charge is 2.29. The van der Waals surface area contributed by atoms with Crippen LogP contribution in [0.1, 0.15) is 96.3 Å². The highest BCUT2D eigenvalue weighted by molar-refractivity contribution is 7.83. The Hall–Kier alpha value is -1.24. The lowest BCUT2D eigenvalue weighted by molar-refractivity contribution is -0.173. The van der Waals surface area contributed by atoms with E-state index in [1.54, 1.807) is 7.05 Å². The molecule has 1 rings (SSSR count). The van der Waals surface area contributed by atoms with Gasteiger partial charge in [-0.25, -0.2) is 14.0 Å². The average molecular weight is 425 g/mol. The van der Waals surface area contributed by atoms with Gasteiger partial charge < -0.3 is 0 Å². The van der Waals surface area contributed by atoms with E-state index in [0.717, 1.165) is 16.0 Å². The van der Waals surface area contributed by atoms with Crippen molar-refractivity contribution in [1.82, 2.24) is 9.79 Å². The topological polar surface area (TPSA) is 58.6 Å². The minimum absolute atomic E-state index is 0.132. The van der Waals surface area contributed by atoms with Gasteiger partial charge in [-0.3, -0.25) is 9.63 Å². The molecule has 0 spiro atoms. The van der Waals surface area contributed by atoms with Crippen LogP contribution in [0.4, 0.5) is 0 Å². The quantitative estimate of drug-likeness (QED) is 0.531. The van der Waals surface area contributed by atoms with Crippen LogP contribution in [0.3, 0.4) is 0 Å². The lowest BCUT2D eigenvalue weighted by Gasteiger charge is -2.28. The molecule has 0 fully saturated rings. The molecule has 166 valence electrons. The van der Waals surface area contributed by atoms with Crippen LogP contribution in [0.25, 0.3) is 0 Å². The Bertz CT molecular complexity index is 687. The van der Waals surface area contributed by atoms with Gasteiger partial charge in [-0.05, 0) is 40.9 Å². The first-order valence-electron chi connectivity index (χ1n) is 10.6. The van der Waals surface area contributed by atoms with Crippen molar-refractivity contribution in [1.29, 1.82) is 0 Å².